The van der Waals surface area contributed by atoms with Gasteiger partial charge in [-0.05, 0) is 45.7 Å². The molecule has 1 rings (SSSR count). The Morgan fingerprint density at radius 1 is 1.29 bits per heavy atom. The van der Waals surface area contributed by atoms with Crippen LogP contribution in [0.15, 0.2) is 0 Å². The van der Waals surface area contributed by atoms with E-state index in [1.807, 2.05) is 0 Å². The second kappa shape index (κ2) is 5.72. The van der Waals surface area contributed by atoms with Crippen LogP contribution in [-0.4, -0.2) is 25.2 Å². The van der Waals surface area contributed by atoms with Crippen molar-refractivity contribution in [3.63, 3.8) is 0 Å². The first-order valence-corrected chi connectivity index (χ1v) is 6.10. The molecule has 0 atom stereocenters. The number of nitrogens with one attached hydrogen (secondary N) is 2. The summed E-state index contributed by atoms with van der Waals surface area (Å²) in [5.74, 6) is 1.08. The van der Waals surface area contributed by atoms with Crippen LogP contribution in [0.5, 0.6) is 0 Å². The van der Waals surface area contributed by atoms with Crippen LogP contribution in [0.4, 0.5) is 0 Å². The second-order valence-corrected chi connectivity index (χ2v) is 5.18. The van der Waals surface area contributed by atoms with E-state index >= 15 is 0 Å². The van der Waals surface area contributed by atoms with Crippen molar-refractivity contribution in [3.8, 4) is 0 Å². The van der Waals surface area contributed by atoms with Gasteiger partial charge in [-0.1, -0.05) is 19.8 Å². The quantitative estimate of drug-likeness (QED) is 0.584. The van der Waals surface area contributed by atoms with Crippen molar-refractivity contribution < 1.29 is 0 Å². The van der Waals surface area contributed by atoms with Gasteiger partial charge in [0, 0.05) is 12.1 Å². The van der Waals surface area contributed by atoms with Crippen LogP contribution in [0, 0.1) is 5.92 Å². The molecule has 1 aliphatic carbocycles. The lowest BCUT2D eigenvalue weighted by molar-refractivity contribution is 0.371. The van der Waals surface area contributed by atoms with E-state index in [1.54, 1.807) is 0 Å². The van der Waals surface area contributed by atoms with E-state index in [0.717, 1.165) is 19.0 Å². The van der Waals surface area contributed by atoms with Gasteiger partial charge in [0.15, 0.2) is 0 Å². The Balaban J connectivity index is 1.90. The Bertz CT molecular complexity index is 150. The molecule has 0 heterocycles. The molecule has 0 aromatic rings. The SMILES string of the molecule is CCNC(C)(C)CNCCCC1CC1. The van der Waals surface area contributed by atoms with E-state index in [1.165, 1.54) is 32.2 Å². The van der Waals surface area contributed by atoms with Gasteiger partial charge in [0.2, 0.25) is 0 Å². The smallest absolute Gasteiger partial charge is 0.0249 e. The van der Waals surface area contributed by atoms with Crippen LogP contribution < -0.4 is 10.6 Å². The number of rotatable bonds is 8. The van der Waals surface area contributed by atoms with Gasteiger partial charge >= 0.3 is 0 Å². The molecule has 0 aliphatic heterocycles. The van der Waals surface area contributed by atoms with Crippen molar-refractivity contribution in [2.75, 3.05) is 19.6 Å². The fourth-order valence-electron chi connectivity index (χ4n) is 1.86. The lowest BCUT2D eigenvalue weighted by atomic mass is 10.1. The summed E-state index contributed by atoms with van der Waals surface area (Å²) < 4.78 is 0. The third-order valence-corrected chi connectivity index (χ3v) is 2.89. The molecule has 0 aromatic carbocycles. The molecule has 0 saturated heterocycles. The van der Waals surface area contributed by atoms with Crippen molar-refractivity contribution in [3.05, 3.63) is 0 Å². The predicted octanol–water partition coefficient (Wildman–Crippen LogP) is 2.15. The molecule has 2 heteroatoms. The zero-order valence-electron chi connectivity index (χ0n) is 10.0. The second-order valence-electron chi connectivity index (χ2n) is 5.18. The average molecular weight is 198 g/mol. The fraction of sp³-hybridized carbons (Fsp3) is 1.00. The summed E-state index contributed by atoms with van der Waals surface area (Å²) in [4.78, 5) is 0. The fourth-order valence-corrected chi connectivity index (χ4v) is 1.86. The summed E-state index contributed by atoms with van der Waals surface area (Å²) in [6.07, 6.45) is 5.77. The molecule has 2 nitrogen and oxygen atoms in total. The Labute approximate surface area is 88.8 Å². The van der Waals surface area contributed by atoms with Crippen molar-refractivity contribution in [2.45, 2.75) is 52.0 Å². The van der Waals surface area contributed by atoms with Crippen molar-refractivity contribution in [1.29, 1.82) is 0 Å². The van der Waals surface area contributed by atoms with Crippen LogP contribution in [0.2, 0.25) is 0 Å². The molecule has 0 aromatic heterocycles. The summed E-state index contributed by atoms with van der Waals surface area (Å²) in [6, 6.07) is 0. The molecular weight excluding hydrogens is 172 g/mol. The van der Waals surface area contributed by atoms with Gasteiger partial charge in [-0.3, -0.25) is 0 Å². The Hall–Kier alpha value is -0.0800. The Kier molecular flexibility index (Phi) is 4.90. The highest BCUT2D eigenvalue weighted by molar-refractivity contribution is 4.79. The number of likely N-dealkylation sites (N-methyl/N-ethyl adjacent to an activating group) is 1. The van der Waals surface area contributed by atoms with Crippen molar-refractivity contribution in [2.24, 2.45) is 5.92 Å². The summed E-state index contributed by atoms with van der Waals surface area (Å²) >= 11 is 0. The highest BCUT2D eigenvalue weighted by atomic mass is 15.0. The van der Waals surface area contributed by atoms with E-state index in [2.05, 4.69) is 31.4 Å². The lowest BCUT2D eigenvalue weighted by Crippen LogP contribution is -2.47. The molecular formula is C12H26N2. The molecule has 14 heavy (non-hydrogen) atoms. The molecule has 2 N–H and O–H groups in total. The van der Waals surface area contributed by atoms with E-state index in [-0.39, 0.29) is 5.54 Å². The van der Waals surface area contributed by atoms with Gasteiger partial charge in [0.25, 0.3) is 0 Å². The molecule has 1 saturated carbocycles. The average Bonchev–Trinajstić information content (AvgIpc) is 2.87. The summed E-state index contributed by atoms with van der Waals surface area (Å²) in [6.45, 7) is 9.98. The van der Waals surface area contributed by atoms with Crippen LogP contribution in [-0.2, 0) is 0 Å². The molecule has 0 bridgehead atoms. The first kappa shape index (κ1) is 12.0. The van der Waals surface area contributed by atoms with Crippen molar-refractivity contribution in [1.82, 2.24) is 10.6 Å². The lowest BCUT2D eigenvalue weighted by Gasteiger charge is -2.26. The minimum absolute atomic E-state index is 0.244. The van der Waals surface area contributed by atoms with Crippen LogP contribution >= 0.6 is 0 Å². The minimum Gasteiger partial charge on any atom is -0.315 e. The van der Waals surface area contributed by atoms with Crippen LogP contribution in [0.25, 0.3) is 0 Å². The molecule has 0 radical (unpaired) electrons. The third-order valence-electron chi connectivity index (χ3n) is 2.89. The van der Waals surface area contributed by atoms with Gasteiger partial charge in [-0.25, -0.2) is 0 Å². The highest BCUT2D eigenvalue weighted by Crippen LogP contribution is 2.33. The molecule has 1 aliphatic rings. The van der Waals surface area contributed by atoms with Gasteiger partial charge in [0.1, 0.15) is 0 Å². The Morgan fingerprint density at radius 2 is 2.00 bits per heavy atom. The molecule has 0 amide bonds. The van der Waals surface area contributed by atoms with Crippen LogP contribution in [0.3, 0.4) is 0 Å². The van der Waals surface area contributed by atoms with Crippen LogP contribution in [0.1, 0.15) is 46.5 Å². The van der Waals surface area contributed by atoms with E-state index in [0.29, 0.717) is 0 Å². The normalized spacial score (nSPS) is 17.4. The maximum Gasteiger partial charge on any atom is 0.0249 e. The maximum absolute atomic E-state index is 3.53. The van der Waals surface area contributed by atoms with Gasteiger partial charge < -0.3 is 10.6 Å². The van der Waals surface area contributed by atoms with Gasteiger partial charge in [-0.15, -0.1) is 0 Å². The van der Waals surface area contributed by atoms with Crippen molar-refractivity contribution >= 4 is 0 Å². The number of hydrogen-bond acceptors (Lipinski definition) is 2. The minimum atomic E-state index is 0.244. The summed E-state index contributed by atoms with van der Waals surface area (Å²) in [5.41, 5.74) is 0.244. The molecule has 1 fully saturated rings. The largest absolute Gasteiger partial charge is 0.315 e. The Morgan fingerprint density at radius 3 is 2.57 bits per heavy atom. The zero-order valence-corrected chi connectivity index (χ0v) is 10.0. The third kappa shape index (κ3) is 5.61. The topological polar surface area (TPSA) is 24.1 Å². The molecule has 0 unspecified atom stereocenters. The maximum atomic E-state index is 3.53. The molecule has 0 spiro atoms. The summed E-state index contributed by atoms with van der Waals surface area (Å²) in [7, 11) is 0. The first-order valence-electron chi connectivity index (χ1n) is 6.10. The van der Waals surface area contributed by atoms with Gasteiger partial charge in [0.05, 0.1) is 0 Å². The standard InChI is InChI=1S/C12H26N2/c1-4-14-12(2,3)10-13-9-5-6-11-7-8-11/h11,13-14H,4-10H2,1-3H3. The predicted molar refractivity (Wildman–Crippen MR) is 62.6 cm³/mol. The highest BCUT2D eigenvalue weighted by Gasteiger charge is 2.20. The van der Waals surface area contributed by atoms with E-state index < -0.39 is 0 Å². The first-order chi connectivity index (χ1) is 6.64. The monoisotopic (exact) mass is 198 g/mol. The number of hydrogen-bond donors (Lipinski definition) is 2. The summed E-state index contributed by atoms with van der Waals surface area (Å²) in [5, 5.41) is 7.00. The molecule has 84 valence electrons. The van der Waals surface area contributed by atoms with E-state index in [9.17, 15) is 0 Å². The zero-order chi connectivity index (χ0) is 10.4. The van der Waals surface area contributed by atoms with E-state index in [4.69, 9.17) is 0 Å². The van der Waals surface area contributed by atoms with Gasteiger partial charge in [-0.2, -0.15) is 0 Å².